The van der Waals surface area contributed by atoms with E-state index in [9.17, 15) is 0 Å². The zero-order valence-electron chi connectivity index (χ0n) is 8.08. The van der Waals surface area contributed by atoms with Gasteiger partial charge in [-0.1, -0.05) is 6.08 Å². The number of hydrogen-bond acceptors (Lipinski definition) is 3. The average molecular weight is 185 g/mol. The van der Waals surface area contributed by atoms with E-state index in [1.54, 1.807) is 0 Å². The number of aliphatic hydroxyl groups is 2. The lowest BCUT2D eigenvalue weighted by molar-refractivity contribution is 0.183. The molecule has 0 bridgehead atoms. The normalized spacial score (nSPS) is 16.9. The maximum absolute atomic E-state index is 8.84. The van der Waals surface area contributed by atoms with Crippen molar-refractivity contribution < 1.29 is 10.2 Å². The summed E-state index contributed by atoms with van der Waals surface area (Å²) in [5.74, 6) is 0. The number of nitrogens with zero attached hydrogens (tertiary/aromatic N) is 1. The molecule has 0 saturated heterocycles. The van der Waals surface area contributed by atoms with Crippen molar-refractivity contribution in [1.82, 2.24) is 4.90 Å². The summed E-state index contributed by atoms with van der Waals surface area (Å²) in [4.78, 5) is 2.08. The molecule has 0 aromatic heterocycles. The zero-order chi connectivity index (χ0) is 9.52. The van der Waals surface area contributed by atoms with E-state index in [0.29, 0.717) is 13.1 Å². The Balaban J connectivity index is 2.46. The minimum Gasteiger partial charge on any atom is -0.395 e. The fourth-order valence-electron chi connectivity index (χ4n) is 1.75. The van der Waals surface area contributed by atoms with Crippen molar-refractivity contribution in [3.63, 3.8) is 0 Å². The van der Waals surface area contributed by atoms with E-state index >= 15 is 0 Å². The third-order valence-corrected chi connectivity index (χ3v) is 2.41. The van der Waals surface area contributed by atoms with E-state index in [2.05, 4.69) is 11.0 Å². The standard InChI is InChI=1S/C10H19NO2/c12-8-6-11(7-9-13)10-4-2-1-3-5-10/h4,12-13H,1-3,5-9H2. The Bertz CT molecular complexity index is 162. The highest BCUT2D eigenvalue weighted by atomic mass is 16.3. The lowest BCUT2D eigenvalue weighted by atomic mass is 10.0. The molecule has 1 rings (SSSR count). The monoisotopic (exact) mass is 185 g/mol. The molecule has 0 unspecified atom stereocenters. The lowest BCUT2D eigenvalue weighted by Gasteiger charge is -2.28. The van der Waals surface area contributed by atoms with Crippen molar-refractivity contribution in [2.45, 2.75) is 25.7 Å². The lowest BCUT2D eigenvalue weighted by Crippen LogP contribution is -2.29. The molecule has 3 heteroatoms. The molecule has 0 radical (unpaired) electrons. The first kappa shape index (κ1) is 10.5. The second kappa shape index (κ2) is 6.00. The Morgan fingerprint density at radius 1 is 1.15 bits per heavy atom. The summed E-state index contributed by atoms with van der Waals surface area (Å²) >= 11 is 0. The molecular formula is C10H19NO2. The Morgan fingerprint density at radius 3 is 2.31 bits per heavy atom. The van der Waals surface area contributed by atoms with Crippen molar-refractivity contribution in [3.05, 3.63) is 11.8 Å². The molecule has 0 fully saturated rings. The van der Waals surface area contributed by atoms with Crippen LogP contribution in [-0.4, -0.2) is 41.4 Å². The SMILES string of the molecule is OCCN(CCO)C1=CCCCC1. The van der Waals surface area contributed by atoms with Crippen LogP contribution in [0.15, 0.2) is 11.8 Å². The van der Waals surface area contributed by atoms with Crippen LogP contribution in [0.25, 0.3) is 0 Å². The molecule has 3 nitrogen and oxygen atoms in total. The van der Waals surface area contributed by atoms with E-state index in [1.807, 2.05) is 0 Å². The second-order valence-electron chi connectivity index (χ2n) is 3.38. The third kappa shape index (κ3) is 3.36. The summed E-state index contributed by atoms with van der Waals surface area (Å²) < 4.78 is 0. The van der Waals surface area contributed by atoms with Crippen LogP contribution in [0.4, 0.5) is 0 Å². The molecule has 1 aliphatic carbocycles. The van der Waals surface area contributed by atoms with Gasteiger partial charge in [-0.2, -0.15) is 0 Å². The quantitative estimate of drug-likeness (QED) is 0.663. The fraction of sp³-hybridized carbons (Fsp3) is 0.800. The summed E-state index contributed by atoms with van der Waals surface area (Å²) in [7, 11) is 0. The minimum atomic E-state index is 0.164. The van der Waals surface area contributed by atoms with E-state index in [1.165, 1.54) is 18.5 Å². The average Bonchev–Trinajstić information content (AvgIpc) is 2.19. The van der Waals surface area contributed by atoms with Gasteiger partial charge in [-0.3, -0.25) is 0 Å². The van der Waals surface area contributed by atoms with Gasteiger partial charge in [-0.05, 0) is 25.7 Å². The fourth-order valence-corrected chi connectivity index (χ4v) is 1.75. The maximum Gasteiger partial charge on any atom is 0.0606 e. The second-order valence-corrected chi connectivity index (χ2v) is 3.38. The van der Waals surface area contributed by atoms with Crippen LogP contribution in [0, 0.1) is 0 Å². The van der Waals surface area contributed by atoms with Crippen LogP contribution in [0.5, 0.6) is 0 Å². The summed E-state index contributed by atoms with van der Waals surface area (Å²) in [6.45, 7) is 1.62. The van der Waals surface area contributed by atoms with Crippen molar-refractivity contribution in [2.24, 2.45) is 0 Å². The van der Waals surface area contributed by atoms with Gasteiger partial charge in [-0.25, -0.2) is 0 Å². The van der Waals surface area contributed by atoms with Gasteiger partial charge in [0.05, 0.1) is 13.2 Å². The highest BCUT2D eigenvalue weighted by Crippen LogP contribution is 2.20. The van der Waals surface area contributed by atoms with Crippen LogP contribution in [0.1, 0.15) is 25.7 Å². The number of allylic oxidation sites excluding steroid dienone is 2. The van der Waals surface area contributed by atoms with Crippen LogP contribution in [0.3, 0.4) is 0 Å². The highest BCUT2D eigenvalue weighted by molar-refractivity contribution is 5.04. The smallest absolute Gasteiger partial charge is 0.0606 e. The van der Waals surface area contributed by atoms with Gasteiger partial charge in [0.2, 0.25) is 0 Å². The molecule has 0 saturated carbocycles. The third-order valence-electron chi connectivity index (χ3n) is 2.41. The van der Waals surface area contributed by atoms with Crippen molar-refractivity contribution in [2.75, 3.05) is 26.3 Å². The molecule has 2 N–H and O–H groups in total. The largest absolute Gasteiger partial charge is 0.395 e. The topological polar surface area (TPSA) is 43.7 Å². The van der Waals surface area contributed by atoms with E-state index in [-0.39, 0.29) is 13.2 Å². The van der Waals surface area contributed by atoms with Crippen molar-refractivity contribution in [1.29, 1.82) is 0 Å². The minimum absolute atomic E-state index is 0.164. The summed E-state index contributed by atoms with van der Waals surface area (Å²) in [6.07, 6.45) is 6.98. The van der Waals surface area contributed by atoms with E-state index in [0.717, 1.165) is 12.8 Å². The molecule has 1 aliphatic rings. The number of aliphatic hydroxyl groups excluding tert-OH is 2. The van der Waals surface area contributed by atoms with Gasteiger partial charge in [-0.15, -0.1) is 0 Å². The molecular weight excluding hydrogens is 166 g/mol. The molecule has 13 heavy (non-hydrogen) atoms. The first-order valence-electron chi connectivity index (χ1n) is 5.04. The zero-order valence-corrected chi connectivity index (χ0v) is 8.08. The van der Waals surface area contributed by atoms with Crippen LogP contribution in [-0.2, 0) is 0 Å². The van der Waals surface area contributed by atoms with E-state index < -0.39 is 0 Å². The Morgan fingerprint density at radius 2 is 1.85 bits per heavy atom. The highest BCUT2D eigenvalue weighted by Gasteiger charge is 2.10. The predicted molar refractivity (Wildman–Crippen MR) is 52.3 cm³/mol. The van der Waals surface area contributed by atoms with E-state index in [4.69, 9.17) is 10.2 Å². The predicted octanol–water partition coefficient (Wildman–Crippen LogP) is 0.731. The molecule has 0 atom stereocenters. The van der Waals surface area contributed by atoms with Crippen LogP contribution < -0.4 is 0 Å². The molecule has 0 aromatic carbocycles. The summed E-state index contributed by atoms with van der Waals surface area (Å²) in [5.41, 5.74) is 1.30. The maximum atomic E-state index is 8.84. The number of hydrogen-bond donors (Lipinski definition) is 2. The van der Waals surface area contributed by atoms with Crippen molar-refractivity contribution >= 4 is 0 Å². The van der Waals surface area contributed by atoms with Gasteiger partial charge >= 0.3 is 0 Å². The first-order valence-corrected chi connectivity index (χ1v) is 5.04. The Labute approximate surface area is 79.7 Å². The molecule has 0 spiro atoms. The summed E-state index contributed by atoms with van der Waals surface area (Å²) in [5, 5.41) is 17.7. The van der Waals surface area contributed by atoms with Crippen LogP contribution >= 0.6 is 0 Å². The van der Waals surface area contributed by atoms with Gasteiger partial charge in [0.15, 0.2) is 0 Å². The van der Waals surface area contributed by atoms with Crippen molar-refractivity contribution in [3.8, 4) is 0 Å². The number of rotatable bonds is 5. The van der Waals surface area contributed by atoms with Gasteiger partial charge < -0.3 is 15.1 Å². The first-order chi connectivity index (χ1) is 6.38. The molecule has 0 aliphatic heterocycles. The summed E-state index contributed by atoms with van der Waals surface area (Å²) in [6, 6.07) is 0. The van der Waals surface area contributed by atoms with Crippen LogP contribution in [0.2, 0.25) is 0 Å². The molecule has 0 aromatic rings. The molecule has 0 heterocycles. The van der Waals surface area contributed by atoms with Gasteiger partial charge in [0.1, 0.15) is 0 Å². The van der Waals surface area contributed by atoms with Gasteiger partial charge in [0.25, 0.3) is 0 Å². The van der Waals surface area contributed by atoms with Gasteiger partial charge in [0, 0.05) is 18.8 Å². The Hall–Kier alpha value is -0.540. The Kier molecular flexibility index (Phi) is 4.86. The molecule has 0 amide bonds. The molecule has 76 valence electrons.